The molecule has 0 amide bonds. The summed E-state index contributed by atoms with van der Waals surface area (Å²) in [5.74, 6) is -0.261. The van der Waals surface area contributed by atoms with E-state index in [1.54, 1.807) is 6.92 Å². The van der Waals surface area contributed by atoms with Crippen LogP contribution in [0.4, 0.5) is 4.39 Å². The molecule has 0 atom stereocenters. The fraction of sp³-hybridized carbons (Fsp3) is 0.231. The minimum absolute atomic E-state index is 0.245. The van der Waals surface area contributed by atoms with E-state index in [0.717, 1.165) is 5.56 Å². The van der Waals surface area contributed by atoms with Gasteiger partial charge in [-0.15, -0.1) is 0 Å². The molecule has 1 aromatic carbocycles. The van der Waals surface area contributed by atoms with Crippen molar-refractivity contribution >= 4 is 5.97 Å². The largest absolute Gasteiger partial charge is 0.459 e. The molecule has 0 bridgehead atoms. The molecular formula is C13H12FNO3. The number of carbonyl (C=O) groups is 1. The van der Waals surface area contributed by atoms with E-state index in [-0.39, 0.29) is 12.2 Å². The van der Waals surface area contributed by atoms with Crippen molar-refractivity contribution in [2.75, 3.05) is 13.3 Å². The van der Waals surface area contributed by atoms with Crippen LogP contribution in [-0.4, -0.2) is 24.4 Å². The monoisotopic (exact) mass is 249 g/mol. The Morgan fingerprint density at radius 3 is 2.78 bits per heavy atom. The van der Waals surface area contributed by atoms with Gasteiger partial charge in [0, 0.05) is 5.56 Å². The van der Waals surface area contributed by atoms with E-state index in [0.29, 0.717) is 11.5 Å². The van der Waals surface area contributed by atoms with Gasteiger partial charge in [-0.2, -0.15) is 0 Å². The zero-order valence-corrected chi connectivity index (χ0v) is 9.85. The van der Waals surface area contributed by atoms with E-state index in [2.05, 4.69) is 5.16 Å². The number of aromatic nitrogens is 1. The van der Waals surface area contributed by atoms with Gasteiger partial charge in [-0.25, -0.2) is 9.18 Å². The lowest BCUT2D eigenvalue weighted by molar-refractivity contribution is 0.0480. The minimum Gasteiger partial charge on any atom is -0.459 e. The molecule has 0 N–H and O–H groups in total. The number of halogens is 1. The maximum absolute atomic E-state index is 12.0. The highest BCUT2D eigenvalue weighted by Gasteiger charge is 2.22. The quantitative estimate of drug-likeness (QED) is 0.782. The van der Waals surface area contributed by atoms with Crippen LogP contribution in [0, 0.1) is 6.92 Å². The van der Waals surface area contributed by atoms with E-state index in [4.69, 9.17) is 9.26 Å². The molecule has 0 saturated heterocycles. The van der Waals surface area contributed by atoms with Gasteiger partial charge in [0.05, 0.1) is 0 Å². The molecule has 0 aliphatic rings. The second-order valence-electron chi connectivity index (χ2n) is 3.65. The first kappa shape index (κ1) is 12.3. The fourth-order valence-corrected chi connectivity index (χ4v) is 1.61. The van der Waals surface area contributed by atoms with E-state index < -0.39 is 12.6 Å². The van der Waals surface area contributed by atoms with E-state index in [9.17, 15) is 9.18 Å². The van der Waals surface area contributed by atoms with Crippen molar-refractivity contribution in [1.82, 2.24) is 5.16 Å². The van der Waals surface area contributed by atoms with E-state index in [1.165, 1.54) is 0 Å². The number of rotatable bonds is 4. The SMILES string of the molecule is Cc1onc(-c2ccccc2)c1C(=O)OCCF. The third-order valence-corrected chi connectivity index (χ3v) is 2.42. The number of nitrogens with zero attached hydrogens (tertiary/aromatic N) is 1. The number of hydrogen-bond acceptors (Lipinski definition) is 4. The number of alkyl halides is 1. The standard InChI is InChI=1S/C13H12FNO3/c1-9-11(13(16)17-8-7-14)12(15-18-9)10-5-3-2-4-6-10/h2-6H,7-8H2,1H3. The van der Waals surface area contributed by atoms with Crippen LogP contribution in [0.15, 0.2) is 34.9 Å². The topological polar surface area (TPSA) is 52.3 Å². The van der Waals surface area contributed by atoms with Gasteiger partial charge in [0.15, 0.2) is 0 Å². The third-order valence-electron chi connectivity index (χ3n) is 2.42. The number of ether oxygens (including phenoxy) is 1. The summed E-state index contributed by atoms with van der Waals surface area (Å²) >= 11 is 0. The Labute approximate surface area is 103 Å². The molecule has 18 heavy (non-hydrogen) atoms. The lowest BCUT2D eigenvalue weighted by Crippen LogP contribution is -2.09. The van der Waals surface area contributed by atoms with E-state index in [1.807, 2.05) is 30.3 Å². The van der Waals surface area contributed by atoms with Crippen molar-refractivity contribution in [2.45, 2.75) is 6.92 Å². The number of aryl methyl sites for hydroxylation is 1. The normalized spacial score (nSPS) is 10.3. The highest BCUT2D eigenvalue weighted by molar-refractivity contribution is 5.97. The molecule has 2 aromatic rings. The van der Waals surface area contributed by atoms with Gasteiger partial charge >= 0.3 is 5.97 Å². The van der Waals surface area contributed by atoms with Crippen LogP contribution in [0.2, 0.25) is 0 Å². The zero-order chi connectivity index (χ0) is 13.0. The Kier molecular flexibility index (Phi) is 3.72. The lowest BCUT2D eigenvalue weighted by Gasteiger charge is -2.02. The van der Waals surface area contributed by atoms with Gasteiger partial charge in [-0.05, 0) is 6.92 Å². The lowest BCUT2D eigenvalue weighted by atomic mass is 10.1. The Morgan fingerprint density at radius 2 is 2.11 bits per heavy atom. The van der Waals surface area contributed by atoms with Crippen LogP contribution in [-0.2, 0) is 4.74 Å². The third kappa shape index (κ3) is 2.40. The first-order chi connectivity index (χ1) is 8.74. The maximum atomic E-state index is 12.0. The van der Waals surface area contributed by atoms with Gasteiger partial charge in [0.25, 0.3) is 0 Å². The molecule has 5 heteroatoms. The molecular weight excluding hydrogens is 237 g/mol. The van der Waals surface area contributed by atoms with Crippen molar-refractivity contribution in [3.05, 3.63) is 41.7 Å². The molecule has 1 heterocycles. The summed E-state index contributed by atoms with van der Waals surface area (Å²) in [5, 5.41) is 3.85. The predicted octanol–water partition coefficient (Wildman–Crippen LogP) is 2.78. The Balaban J connectivity index is 2.36. The predicted molar refractivity (Wildman–Crippen MR) is 62.9 cm³/mol. The molecule has 1 aromatic heterocycles. The number of benzene rings is 1. The van der Waals surface area contributed by atoms with E-state index >= 15 is 0 Å². The fourth-order valence-electron chi connectivity index (χ4n) is 1.61. The summed E-state index contributed by atoms with van der Waals surface area (Å²) in [6, 6.07) is 9.13. The molecule has 4 nitrogen and oxygen atoms in total. The first-order valence-electron chi connectivity index (χ1n) is 5.49. The van der Waals surface area contributed by atoms with Gasteiger partial charge < -0.3 is 9.26 Å². The molecule has 2 rings (SSSR count). The van der Waals surface area contributed by atoms with Crippen LogP contribution in [0.1, 0.15) is 16.1 Å². The summed E-state index contributed by atoms with van der Waals surface area (Å²) in [6.45, 7) is 0.639. The van der Waals surface area contributed by atoms with Crippen molar-refractivity contribution in [3.63, 3.8) is 0 Å². The smallest absolute Gasteiger partial charge is 0.344 e. The van der Waals surface area contributed by atoms with Crippen molar-refractivity contribution < 1.29 is 18.4 Å². The summed E-state index contributed by atoms with van der Waals surface area (Å²) in [5.41, 5.74) is 1.41. The summed E-state index contributed by atoms with van der Waals surface area (Å²) < 4.78 is 21.8. The van der Waals surface area contributed by atoms with Crippen molar-refractivity contribution in [2.24, 2.45) is 0 Å². The Morgan fingerprint density at radius 1 is 1.39 bits per heavy atom. The summed E-state index contributed by atoms with van der Waals surface area (Å²) in [7, 11) is 0. The molecule has 0 unspecified atom stereocenters. The summed E-state index contributed by atoms with van der Waals surface area (Å²) in [6.07, 6.45) is 0. The van der Waals surface area contributed by atoms with Crippen LogP contribution in [0.3, 0.4) is 0 Å². The second-order valence-corrected chi connectivity index (χ2v) is 3.65. The molecule has 0 saturated carbocycles. The van der Waals surface area contributed by atoms with Gasteiger partial charge in [-0.1, -0.05) is 35.5 Å². The van der Waals surface area contributed by atoms with Gasteiger partial charge in [0.1, 0.15) is 30.3 Å². The molecule has 0 radical (unpaired) electrons. The molecule has 0 spiro atoms. The molecule has 0 aliphatic carbocycles. The summed E-state index contributed by atoms with van der Waals surface area (Å²) in [4.78, 5) is 11.8. The van der Waals surface area contributed by atoms with Crippen LogP contribution in [0.5, 0.6) is 0 Å². The van der Waals surface area contributed by atoms with Crippen molar-refractivity contribution in [1.29, 1.82) is 0 Å². The minimum atomic E-state index is -0.712. The second kappa shape index (κ2) is 5.44. The molecule has 94 valence electrons. The molecule has 0 fully saturated rings. The number of esters is 1. The van der Waals surface area contributed by atoms with Crippen LogP contribution < -0.4 is 0 Å². The zero-order valence-electron chi connectivity index (χ0n) is 9.85. The number of carbonyl (C=O) groups excluding carboxylic acids is 1. The average Bonchev–Trinajstić information content (AvgIpc) is 2.79. The first-order valence-corrected chi connectivity index (χ1v) is 5.49. The van der Waals surface area contributed by atoms with Gasteiger partial charge in [-0.3, -0.25) is 0 Å². The number of hydrogen-bond donors (Lipinski definition) is 0. The van der Waals surface area contributed by atoms with Crippen LogP contribution >= 0.6 is 0 Å². The Bertz CT molecular complexity index is 536. The average molecular weight is 249 g/mol. The molecule has 0 aliphatic heterocycles. The van der Waals surface area contributed by atoms with Crippen molar-refractivity contribution in [3.8, 4) is 11.3 Å². The highest BCUT2D eigenvalue weighted by Crippen LogP contribution is 2.25. The highest BCUT2D eigenvalue weighted by atomic mass is 19.1. The van der Waals surface area contributed by atoms with Gasteiger partial charge in [0.2, 0.25) is 0 Å². The maximum Gasteiger partial charge on any atom is 0.344 e. The van der Waals surface area contributed by atoms with Crippen LogP contribution in [0.25, 0.3) is 11.3 Å². The Hall–Kier alpha value is -2.17.